The zero-order valence-corrected chi connectivity index (χ0v) is 13.7. The topological polar surface area (TPSA) is 76.7 Å². The average Bonchev–Trinajstić information content (AvgIpc) is 2.94. The number of aliphatic imine (C=N–C) groups is 1. The molecule has 3 N–H and O–H groups in total. The number of carbonyl (C=O) groups excluding carboxylic acids is 1. The molecular formula is C17H31N3O2. The van der Waals surface area contributed by atoms with Gasteiger partial charge in [-0.1, -0.05) is 38.5 Å². The van der Waals surface area contributed by atoms with Gasteiger partial charge in [-0.05, 0) is 32.0 Å². The number of rotatable bonds is 6. The van der Waals surface area contributed by atoms with Gasteiger partial charge in [-0.2, -0.15) is 0 Å². The van der Waals surface area contributed by atoms with Crippen molar-refractivity contribution in [1.29, 1.82) is 0 Å². The number of hydrogen-bond acceptors (Lipinski definition) is 5. The third-order valence-corrected chi connectivity index (χ3v) is 4.36. The SMILES string of the molecule is C=NC(=C=O)CC1CCCCCC1.NCOCC1CCCN1. The molecule has 1 aliphatic carbocycles. The predicted octanol–water partition coefficient (Wildman–Crippen LogP) is 2.43. The lowest BCUT2D eigenvalue weighted by Gasteiger charge is -2.11. The highest BCUT2D eigenvalue weighted by molar-refractivity contribution is 5.54. The second kappa shape index (κ2) is 12.5. The molecule has 1 saturated heterocycles. The minimum atomic E-state index is 0.345. The Morgan fingerprint density at radius 2 is 1.95 bits per heavy atom. The Labute approximate surface area is 134 Å². The van der Waals surface area contributed by atoms with Crippen molar-refractivity contribution in [3.05, 3.63) is 5.70 Å². The molecule has 1 atom stereocenters. The summed E-state index contributed by atoms with van der Waals surface area (Å²) in [5, 5.41) is 3.31. The summed E-state index contributed by atoms with van der Waals surface area (Å²) in [6.45, 7) is 5.63. The van der Waals surface area contributed by atoms with Crippen LogP contribution in [0.4, 0.5) is 0 Å². The Bertz CT molecular complexity index is 340. The van der Waals surface area contributed by atoms with Gasteiger partial charge in [0, 0.05) is 12.5 Å². The summed E-state index contributed by atoms with van der Waals surface area (Å²) in [6.07, 6.45) is 11.1. The molecule has 0 aromatic heterocycles. The number of nitrogens with one attached hydrogen (secondary N) is 1. The van der Waals surface area contributed by atoms with Crippen molar-refractivity contribution in [3.8, 4) is 0 Å². The van der Waals surface area contributed by atoms with Crippen LogP contribution < -0.4 is 11.1 Å². The molecule has 22 heavy (non-hydrogen) atoms. The summed E-state index contributed by atoms with van der Waals surface area (Å²) in [4.78, 5) is 14.1. The van der Waals surface area contributed by atoms with Gasteiger partial charge in [-0.3, -0.25) is 4.99 Å². The standard InChI is InChI=1S/C11H17NO.C6H14N2O/c1-12-11(9-13)8-10-6-4-2-3-5-7-10;7-5-9-4-6-2-1-3-8-6/h10H,1-8H2;6,8H,1-5,7H2. The third-order valence-electron chi connectivity index (χ3n) is 4.36. The van der Waals surface area contributed by atoms with Gasteiger partial charge < -0.3 is 15.8 Å². The normalized spacial score (nSPS) is 22.1. The third kappa shape index (κ3) is 8.44. The van der Waals surface area contributed by atoms with Gasteiger partial charge in [-0.25, -0.2) is 4.79 Å². The molecule has 0 radical (unpaired) electrons. The van der Waals surface area contributed by atoms with Gasteiger partial charge >= 0.3 is 0 Å². The van der Waals surface area contributed by atoms with Crippen LogP contribution in [0.15, 0.2) is 10.7 Å². The molecular weight excluding hydrogens is 278 g/mol. The maximum absolute atomic E-state index is 10.4. The van der Waals surface area contributed by atoms with E-state index in [0.29, 0.717) is 24.4 Å². The van der Waals surface area contributed by atoms with E-state index in [0.717, 1.165) is 19.6 Å². The molecule has 2 rings (SSSR count). The number of nitrogens with zero attached hydrogens (tertiary/aromatic N) is 1. The van der Waals surface area contributed by atoms with Crippen LogP contribution in [0, 0.1) is 5.92 Å². The van der Waals surface area contributed by atoms with E-state index in [1.807, 2.05) is 5.94 Å². The van der Waals surface area contributed by atoms with E-state index in [2.05, 4.69) is 17.0 Å². The largest absolute Gasteiger partial charge is 0.365 e. The molecule has 2 aliphatic rings. The molecule has 0 aromatic carbocycles. The molecule has 126 valence electrons. The molecule has 0 amide bonds. The Kier molecular flexibility index (Phi) is 10.9. The summed E-state index contributed by atoms with van der Waals surface area (Å²) >= 11 is 0. The summed E-state index contributed by atoms with van der Waals surface area (Å²) in [7, 11) is 0. The highest BCUT2D eigenvalue weighted by atomic mass is 16.5. The van der Waals surface area contributed by atoms with Crippen LogP contribution in [0.5, 0.6) is 0 Å². The van der Waals surface area contributed by atoms with E-state index in [9.17, 15) is 4.79 Å². The molecule has 1 aliphatic heterocycles. The number of hydrogen-bond donors (Lipinski definition) is 2. The first-order chi connectivity index (χ1) is 10.8. The zero-order valence-electron chi connectivity index (χ0n) is 13.7. The number of allylic oxidation sites excluding steroid dienone is 1. The Balaban J connectivity index is 0.000000235. The first-order valence-electron chi connectivity index (χ1n) is 8.52. The second-order valence-electron chi connectivity index (χ2n) is 6.10. The first-order valence-corrected chi connectivity index (χ1v) is 8.52. The maximum Gasteiger partial charge on any atom is 0.148 e. The number of nitrogens with two attached hydrogens (primary N) is 1. The Morgan fingerprint density at radius 3 is 2.45 bits per heavy atom. The van der Waals surface area contributed by atoms with E-state index in [1.54, 1.807) is 0 Å². The van der Waals surface area contributed by atoms with Crippen molar-refractivity contribution in [2.45, 2.75) is 63.8 Å². The van der Waals surface area contributed by atoms with Crippen LogP contribution in [0.3, 0.4) is 0 Å². The zero-order chi connectivity index (χ0) is 16.0. The van der Waals surface area contributed by atoms with Gasteiger partial charge in [0.1, 0.15) is 11.6 Å². The highest BCUT2D eigenvalue weighted by Crippen LogP contribution is 2.27. The molecule has 5 heteroatoms. The van der Waals surface area contributed by atoms with E-state index >= 15 is 0 Å². The summed E-state index contributed by atoms with van der Waals surface area (Å²) in [5.41, 5.74) is 5.66. The van der Waals surface area contributed by atoms with Crippen LogP contribution in [-0.4, -0.2) is 38.6 Å². The van der Waals surface area contributed by atoms with Crippen molar-refractivity contribution in [2.75, 3.05) is 19.9 Å². The van der Waals surface area contributed by atoms with Crippen LogP contribution in [-0.2, 0) is 9.53 Å². The minimum Gasteiger partial charge on any atom is -0.365 e. The molecule has 1 saturated carbocycles. The Morgan fingerprint density at radius 1 is 1.23 bits per heavy atom. The summed E-state index contributed by atoms with van der Waals surface area (Å²) in [5.74, 6) is 2.50. The first kappa shape index (κ1) is 19.0. The van der Waals surface area contributed by atoms with Crippen LogP contribution in [0.1, 0.15) is 57.8 Å². The molecule has 0 aromatic rings. The van der Waals surface area contributed by atoms with E-state index in [4.69, 9.17) is 10.5 Å². The fraction of sp³-hybridized carbons (Fsp3) is 0.824. The van der Waals surface area contributed by atoms with E-state index in [-0.39, 0.29) is 0 Å². The molecule has 0 bridgehead atoms. The lowest BCUT2D eigenvalue weighted by Crippen LogP contribution is -2.27. The monoisotopic (exact) mass is 309 g/mol. The van der Waals surface area contributed by atoms with Crippen LogP contribution >= 0.6 is 0 Å². The van der Waals surface area contributed by atoms with Gasteiger partial charge in [0.05, 0.1) is 13.3 Å². The number of ether oxygens (including phenoxy) is 1. The maximum atomic E-state index is 10.4. The van der Waals surface area contributed by atoms with Crippen molar-refractivity contribution >= 4 is 12.7 Å². The second-order valence-corrected chi connectivity index (χ2v) is 6.10. The Hall–Kier alpha value is -1.00. The van der Waals surface area contributed by atoms with Gasteiger partial charge in [0.2, 0.25) is 0 Å². The highest BCUT2D eigenvalue weighted by Gasteiger charge is 2.14. The minimum absolute atomic E-state index is 0.345. The fourth-order valence-corrected chi connectivity index (χ4v) is 3.09. The lowest BCUT2D eigenvalue weighted by atomic mass is 9.95. The van der Waals surface area contributed by atoms with Crippen LogP contribution in [0.25, 0.3) is 0 Å². The van der Waals surface area contributed by atoms with E-state index < -0.39 is 0 Å². The van der Waals surface area contributed by atoms with Crippen LogP contribution in [0.2, 0.25) is 0 Å². The smallest absolute Gasteiger partial charge is 0.148 e. The van der Waals surface area contributed by atoms with Crippen molar-refractivity contribution in [2.24, 2.45) is 16.6 Å². The molecule has 1 unspecified atom stereocenters. The predicted molar refractivity (Wildman–Crippen MR) is 90.6 cm³/mol. The molecule has 2 fully saturated rings. The van der Waals surface area contributed by atoms with Gasteiger partial charge in [0.25, 0.3) is 0 Å². The quantitative estimate of drug-likeness (QED) is 0.342. The van der Waals surface area contributed by atoms with Gasteiger partial charge in [-0.15, -0.1) is 0 Å². The lowest BCUT2D eigenvalue weighted by molar-refractivity contribution is 0.122. The van der Waals surface area contributed by atoms with Crippen molar-refractivity contribution in [1.82, 2.24) is 5.32 Å². The summed E-state index contributed by atoms with van der Waals surface area (Å²) < 4.78 is 5.03. The fourth-order valence-electron chi connectivity index (χ4n) is 3.09. The molecule has 0 spiro atoms. The van der Waals surface area contributed by atoms with E-state index in [1.165, 1.54) is 51.4 Å². The van der Waals surface area contributed by atoms with Crippen molar-refractivity contribution in [3.63, 3.8) is 0 Å². The average molecular weight is 309 g/mol. The van der Waals surface area contributed by atoms with Gasteiger partial charge in [0.15, 0.2) is 0 Å². The van der Waals surface area contributed by atoms with Crippen molar-refractivity contribution < 1.29 is 9.53 Å². The molecule has 5 nitrogen and oxygen atoms in total. The molecule has 1 heterocycles. The summed E-state index contributed by atoms with van der Waals surface area (Å²) in [6, 6.07) is 0.563.